The highest BCUT2D eigenvalue weighted by molar-refractivity contribution is 5.77. The van der Waals surface area contributed by atoms with E-state index in [2.05, 4.69) is 24.5 Å². The SMILES string of the molecule is CCCCC1(CCCC)CC(NC(=O)CCC)CC(NC(=O)CCC)C1. The van der Waals surface area contributed by atoms with Crippen LogP contribution in [0.5, 0.6) is 0 Å². The molecule has 1 fully saturated rings. The number of unbranched alkanes of at least 4 members (excludes halogenated alkanes) is 2. The van der Waals surface area contributed by atoms with Crippen molar-refractivity contribution in [3.8, 4) is 0 Å². The Balaban J connectivity index is 2.89. The quantitative estimate of drug-likeness (QED) is 0.504. The van der Waals surface area contributed by atoms with Crippen LogP contribution in [0.4, 0.5) is 0 Å². The average molecular weight is 367 g/mol. The molecule has 0 aliphatic heterocycles. The zero-order chi connectivity index (χ0) is 19.4. The van der Waals surface area contributed by atoms with Crippen molar-refractivity contribution in [3.05, 3.63) is 0 Å². The van der Waals surface area contributed by atoms with Crippen molar-refractivity contribution in [1.82, 2.24) is 10.6 Å². The molecule has 152 valence electrons. The number of rotatable bonds is 12. The summed E-state index contributed by atoms with van der Waals surface area (Å²) in [7, 11) is 0. The lowest BCUT2D eigenvalue weighted by Crippen LogP contribution is -2.51. The van der Waals surface area contributed by atoms with Gasteiger partial charge in [0.25, 0.3) is 0 Å². The van der Waals surface area contributed by atoms with Gasteiger partial charge in [-0.05, 0) is 50.4 Å². The molecule has 0 aromatic rings. The van der Waals surface area contributed by atoms with Gasteiger partial charge < -0.3 is 10.6 Å². The molecule has 0 heterocycles. The van der Waals surface area contributed by atoms with Gasteiger partial charge in [0.1, 0.15) is 0 Å². The molecule has 1 aliphatic rings. The number of carbonyl (C=O) groups is 2. The van der Waals surface area contributed by atoms with Crippen LogP contribution in [-0.2, 0) is 9.59 Å². The molecule has 26 heavy (non-hydrogen) atoms. The number of hydrogen-bond acceptors (Lipinski definition) is 2. The molecule has 2 atom stereocenters. The first-order chi connectivity index (χ1) is 12.5. The number of hydrogen-bond donors (Lipinski definition) is 2. The van der Waals surface area contributed by atoms with Crippen molar-refractivity contribution < 1.29 is 9.59 Å². The highest BCUT2D eigenvalue weighted by Gasteiger charge is 2.40. The van der Waals surface area contributed by atoms with Crippen molar-refractivity contribution in [1.29, 1.82) is 0 Å². The standard InChI is InChI=1S/C22H42N2O2/c1-5-9-13-22(14-10-6-2)16-18(23-20(25)11-7-3)15-19(17-22)24-21(26)12-8-4/h18-19H,5-17H2,1-4H3,(H,23,25)(H,24,26). The van der Waals surface area contributed by atoms with E-state index >= 15 is 0 Å². The van der Waals surface area contributed by atoms with Crippen molar-refractivity contribution in [2.45, 2.75) is 123 Å². The molecular weight excluding hydrogens is 324 g/mol. The van der Waals surface area contributed by atoms with Gasteiger partial charge in [-0.1, -0.05) is 53.4 Å². The zero-order valence-electron chi connectivity index (χ0n) is 17.7. The molecular formula is C22H42N2O2. The number of nitrogens with one attached hydrogen (secondary N) is 2. The molecule has 1 saturated carbocycles. The summed E-state index contributed by atoms with van der Waals surface area (Å²) < 4.78 is 0. The van der Waals surface area contributed by atoms with Gasteiger partial charge in [-0.3, -0.25) is 9.59 Å². The van der Waals surface area contributed by atoms with E-state index in [0.717, 1.165) is 32.1 Å². The molecule has 2 N–H and O–H groups in total. The molecule has 0 bridgehead atoms. The van der Waals surface area contributed by atoms with E-state index in [-0.39, 0.29) is 29.3 Å². The second kappa shape index (κ2) is 12.3. The summed E-state index contributed by atoms with van der Waals surface area (Å²) >= 11 is 0. The molecule has 1 aliphatic carbocycles. The van der Waals surface area contributed by atoms with Crippen LogP contribution in [0.3, 0.4) is 0 Å². The van der Waals surface area contributed by atoms with Crippen molar-refractivity contribution in [3.63, 3.8) is 0 Å². The van der Waals surface area contributed by atoms with Crippen LogP contribution in [0.2, 0.25) is 0 Å². The van der Waals surface area contributed by atoms with Crippen LogP contribution in [0.1, 0.15) is 111 Å². The normalized spacial score (nSPS) is 22.0. The summed E-state index contributed by atoms with van der Waals surface area (Å²) in [6.45, 7) is 8.58. The molecule has 0 aromatic carbocycles. The predicted octanol–water partition coefficient (Wildman–Crippen LogP) is 5.11. The molecule has 1 rings (SSSR count). The van der Waals surface area contributed by atoms with Gasteiger partial charge in [-0.25, -0.2) is 0 Å². The van der Waals surface area contributed by atoms with E-state index < -0.39 is 0 Å². The Hall–Kier alpha value is -1.06. The fourth-order valence-electron chi connectivity index (χ4n) is 4.55. The largest absolute Gasteiger partial charge is 0.353 e. The Bertz CT molecular complexity index is 384. The van der Waals surface area contributed by atoms with Crippen molar-refractivity contribution >= 4 is 11.8 Å². The Morgan fingerprint density at radius 3 is 1.54 bits per heavy atom. The monoisotopic (exact) mass is 366 g/mol. The third-order valence-corrected chi connectivity index (χ3v) is 5.73. The predicted molar refractivity (Wildman–Crippen MR) is 109 cm³/mol. The molecule has 4 heteroatoms. The Labute approximate surface area is 161 Å². The summed E-state index contributed by atoms with van der Waals surface area (Å²) in [5.74, 6) is 0.329. The van der Waals surface area contributed by atoms with Gasteiger partial charge in [0.05, 0.1) is 0 Å². The fourth-order valence-corrected chi connectivity index (χ4v) is 4.55. The molecule has 2 unspecified atom stereocenters. The van der Waals surface area contributed by atoms with E-state index in [4.69, 9.17) is 0 Å². The average Bonchev–Trinajstić information content (AvgIpc) is 2.58. The van der Waals surface area contributed by atoms with E-state index in [0.29, 0.717) is 12.8 Å². The fraction of sp³-hybridized carbons (Fsp3) is 0.909. The van der Waals surface area contributed by atoms with E-state index in [1.165, 1.54) is 38.5 Å². The molecule has 0 saturated heterocycles. The van der Waals surface area contributed by atoms with Crippen LogP contribution >= 0.6 is 0 Å². The maximum absolute atomic E-state index is 12.2. The minimum atomic E-state index is 0.165. The molecule has 4 nitrogen and oxygen atoms in total. The molecule has 2 amide bonds. The molecule has 0 aromatic heterocycles. The van der Waals surface area contributed by atoms with Gasteiger partial charge in [0.15, 0.2) is 0 Å². The lowest BCUT2D eigenvalue weighted by atomic mass is 9.65. The van der Waals surface area contributed by atoms with E-state index in [1.807, 2.05) is 13.8 Å². The minimum absolute atomic E-state index is 0.165. The number of carbonyl (C=O) groups excluding carboxylic acids is 2. The Morgan fingerprint density at radius 1 is 0.769 bits per heavy atom. The van der Waals surface area contributed by atoms with E-state index in [9.17, 15) is 9.59 Å². The zero-order valence-corrected chi connectivity index (χ0v) is 17.7. The van der Waals surface area contributed by atoms with Gasteiger partial charge in [-0.15, -0.1) is 0 Å². The van der Waals surface area contributed by atoms with Gasteiger partial charge >= 0.3 is 0 Å². The van der Waals surface area contributed by atoms with Crippen LogP contribution in [0.25, 0.3) is 0 Å². The topological polar surface area (TPSA) is 58.2 Å². The van der Waals surface area contributed by atoms with Crippen LogP contribution < -0.4 is 10.6 Å². The third kappa shape index (κ3) is 8.09. The molecule has 0 spiro atoms. The summed E-state index contributed by atoms with van der Waals surface area (Å²) in [6.07, 6.45) is 13.3. The van der Waals surface area contributed by atoms with E-state index in [1.54, 1.807) is 0 Å². The smallest absolute Gasteiger partial charge is 0.220 e. The highest BCUT2D eigenvalue weighted by Crippen LogP contribution is 2.45. The minimum Gasteiger partial charge on any atom is -0.353 e. The van der Waals surface area contributed by atoms with Crippen LogP contribution in [0.15, 0.2) is 0 Å². The van der Waals surface area contributed by atoms with Crippen LogP contribution in [0, 0.1) is 5.41 Å². The van der Waals surface area contributed by atoms with Gasteiger partial charge in [0, 0.05) is 24.9 Å². The first kappa shape index (κ1) is 23.0. The molecule has 0 radical (unpaired) electrons. The van der Waals surface area contributed by atoms with Gasteiger partial charge in [0.2, 0.25) is 11.8 Å². The van der Waals surface area contributed by atoms with Crippen LogP contribution in [-0.4, -0.2) is 23.9 Å². The lowest BCUT2D eigenvalue weighted by Gasteiger charge is -2.45. The maximum Gasteiger partial charge on any atom is 0.220 e. The first-order valence-corrected chi connectivity index (χ1v) is 11.1. The third-order valence-electron chi connectivity index (χ3n) is 5.73. The highest BCUT2D eigenvalue weighted by atomic mass is 16.2. The summed E-state index contributed by atoms with van der Waals surface area (Å²) in [4.78, 5) is 24.4. The Morgan fingerprint density at radius 2 is 1.19 bits per heavy atom. The summed E-state index contributed by atoms with van der Waals surface area (Å²) in [5, 5.41) is 6.54. The lowest BCUT2D eigenvalue weighted by molar-refractivity contribution is -0.123. The van der Waals surface area contributed by atoms with Gasteiger partial charge in [-0.2, -0.15) is 0 Å². The Kier molecular flexibility index (Phi) is 10.9. The number of amides is 2. The first-order valence-electron chi connectivity index (χ1n) is 11.1. The van der Waals surface area contributed by atoms with Crippen molar-refractivity contribution in [2.24, 2.45) is 5.41 Å². The maximum atomic E-state index is 12.2. The second-order valence-electron chi connectivity index (χ2n) is 8.38. The van der Waals surface area contributed by atoms with Crippen molar-refractivity contribution in [2.75, 3.05) is 0 Å². The second-order valence-corrected chi connectivity index (χ2v) is 8.38. The summed E-state index contributed by atoms with van der Waals surface area (Å²) in [6, 6.07) is 0.395. The summed E-state index contributed by atoms with van der Waals surface area (Å²) in [5.41, 5.74) is 0.262.